The number of carbonyl (C=O) groups is 1. The van der Waals surface area contributed by atoms with Gasteiger partial charge in [0.15, 0.2) is 0 Å². The van der Waals surface area contributed by atoms with Crippen molar-refractivity contribution in [3.63, 3.8) is 0 Å². The summed E-state index contributed by atoms with van der Waals surface area (Å²) in [5.74, 6) is 1.55. The molecule has 1 fully saturated rings. The van der Waals surface area contributed by atoms with Crippen LogP contribution in [0.4, 0.5) is 11.8 Å². The van der Waals surface area contributed by atoms with Crippen LogP contribution in [0, 0.1) is 0 Å². The summed E-state index contributed by atoms with van der Waals surface area (Å²) in [6, 6.07) is 5.39. The lowest BCUT2D eigenvalue weighted by molar-refractivity contribution is 0.0746. The number of amides is 1. The van der Waals surface area contributed by atoms with Crippen LogP contribution in [0.15, 0.2) is 36.8 Å². The molecule has 0 bridgehead atoms. The van der Waals surface area contributed by atoms with Crippen LogP contribution in [-0.2, 0) is 0 Å². The highest BCUT2D eigenvalue weighted by atomic mass is 16.2. The summed E-state index contributed by atoms with van der Waals surface area (Å²) in [7, 11) is 3.82. The Labute approximate surface area is 135 Å². The second-order valence-electron chi connectivity index (χ2n) is 5.63. The van der Waals surface area contributed by atoms with Gasteiger partial charge in [-0.1, -0.05) is 0 Å². The summed E-state index contributed by atoms with van der Waals surface area (Å²) >= 11 is 0. The molecule has 0 aliphatic carbocycles. The van der Waals surface area contributed by atoms with E-state index in [1.54, 1.807) is 30.7 Å². The molecule has 120 valence electrons. The molecule has 3 rings (SSSR count). The van der Waals surface area contributed by atoms with Crippen molar-refractivity contribution in [2.75, 3.05) is 50.1 Å². The highest BCUT2D eigenvalue weighted by molar-refractivity contribution is 5.95. The zero-order valence-electron chi connectivity index (χ0n) is 13.4. The van der Waals surface area contributed by atoms with E-state index in [4.69, 9.17) is 0 Å². The van der Waals surface area contributed by atoms with Crippen molar-refractivity contribution in [3.8, 4) is 0 Å². The summed E-state index contributed by atoms with van der Waals surface area (Å²) in [6.45, 7) is 2.80. The van der Waals surface area contributed by atoms with Crippen molar-refractivity contribution < 1.29 is 4.79 Å². The Kier molecular flexibility index (Phi) is 4.36. The number of hydrogen-bond donors (Lipinski definition) is 0. The fourth-order valence-electron chi connectivity index (χ4n) is 2.54. The molecule has 23 heavy (non-hydrogen) atoms. The lowest BCUT2D eigenvalue weighted by Gasteiger charge is -2.34. The third-order valence-electron chi connectivity index (χ3n) is 3.85. The monoisotopic (exact) mass is 312 g/mol. The molecule has 1 amide bonds. The summed E-state index contributed by atoms with van der Waals surface area (Å²) in [5, 5.41) is 0. The molecule has 0 atom stereocenters. The third kappa shape index (κ3) is 3.39. The fraction of sp³-hybridized carbons (Fsp3) is 0.375. The topological polar surface area (TPSA) is 65.5 Å². The average Bonchev–Trinajstić information content (AvgIpc) is 2.62. The number of rotatable bonds is 3. The maximum atomic E-state index is 12.6. The summed E-state index contributed by atoms with van der Waals surface area (Å²) in [6.07, 6.45) is 5.15. The maximum Gasteiger partial charge on any atom is 0.254 e. The van der Waals surface area contributed by atoms with Crippen LogP contribution in [0.2, 0.25) is 0 Å². The van der Waals surface area contributed by atoms with Crippen molar-refractivity contribution in [1.82, 2.24) is 19.9 Å². The molecule has 0 spiro atoms. The van der Waals surface area contributed by atoms with Crippen LogP contribution in [-0.4, -0.2) is 66.0 Å². The van der Waals surface area contributed by atoms with Gasteiger partial charge in [0.05, 0.1) is 0 Å². The van der Waals surface area contributed by atoms with E-state index in [2.05, 4.69) is 19.9 Å². The number of hydrogen-bond acceptors (Lipinski definition) is 6. The molecule has 1 saturated heterocycles. The standard InChI is InChI=1S/C16H20N6O/c1-20(2)14-12-13(4-7-17-14)15(23)21-8-10-22(11-9-21)16-18-5-3-6-19-16/h3-7,12H,8-11H2,1-2H3. The Morgan fingerprint density at radius 1 is 1.04 bits per heavy atom. The second kappa shape index (κ2) is 6.60. The largest absolute Gasteiger partial charge is 0.363 e. The molecule has 0 N–H and O–H groups in total. The van der Waals surface area contributed by atoms with Crippen LogP contribution in [0.5, 0.6) is 0 Å². The normalized spacial score (nSPS) is 14.7. The van der Waals surface area contributed by atoms with Gasteiger partial charge in [-0.05, 0) is 18.2 Å². The average molecular weight is 312 g/mol. The van der Waals surface area contributed by atoms with Gasteiger partial charge in [-0.15, -0.1) is 0 Å². The zero-order valence-corrected chi connectivity index (χ0v) is 13.4. The van der Waals surface area contributed by atoms with Gasteiger partial charge < -0.3 is 14.7 Å². The van der Waals surface area contributed by atoms with Crippen molar-refractivity contribution in [3.05, 3.63) is 42.4 Å². The summed E-state index contributed by atoms with van der Waals surface area (Å²) in [5.41, 5.74) is 0.674. The van der Waals surface area contributed by atoms with Gasteiger partial charge in [0.1, 0.15) is 5.82 Å². The van der Waals surface area contributed by atoms with E-state index in [1.807, 2.05) is 30.0 Å². The number of carbonyl (C=O) groups excluding carboxylic acids is 1. The van der Waals surface area contributed by atoms with Gasteiger partial charge in [0.25, 0.3) is 5.91 Å². The molecular formula is C16H20N6O. The van der Waals surface area contributed by atoms with Gasteiger partial charge in [-0.3, -0.25) is 4.79 Å². The Hall–Kier alpha value is -2.70. The Morgan fingerprint density at radius 3 is 2.39 bits per heavy atom. The van der Waals surface area contributed by atoms with Crippen LogP contribution >= 0.6 is 0 Å². The van der Waals surface area contributed by atoms with Crippen LogP contribution < -0.4 is 9.80 Å². The number of piperazine rings is 1. The van der Waals surface area contributed by atoms with Crippen LogP contribution in [0.25, 0.3) is 0 Å². The van der Waals surface area contributed by atoms with Crippen LogP contribution in [0.1, 0.15) is 10.4 Å². The van der Waals surface area contributed by atoms with E-state index in [9.17, 15) is 4.79 Å². The second-order valence-corrected chi connectivity index (χ2v) is 5.63. The minimum atomic E-state index is 0.0455. The number of pyridine rings is 1. The molecule has 1 aliphatic rings. The van der Waals surface area contributed by atoms with Crippen molar-refractivity contribution in [2.45, 2.75) is 0 Å². The van der Waals surface area contributed by atoms with E-state index in [0.29, 0.717) is 18.7 Å². The maximum absolute atomic E-state index is 12.6. The minimum Gasteiger partial charge on any atom is -0.363 e. The van der Waals surface area contributed by atoms with Gasteiger partial charge >= 0.3 is 0 Å². The summed E-state index contributed by atoms with van der Waals surface area (Å²) in [4.78, 5) is 31.3. The van der Waals surface area contributed by atoms with E-state index < -0.39 is 0 Å². The lowest BCUT2D eigenvalue weighted by Crippen LogP contribution is -2.49. The number of nitrogens with zero attached hydrogens (tertiary/aromatic N) is 6. The molecule has 0 unspecified atom stereocenters. The highest BCUT2D eigenvalue weighted by Gasteiger charge is 2.23. The highest BCUT2D eigenvalue weighted by Crippen LogP contribution is 2.15. The fourth-order valence-corrected chi connectivity index (χ4v) is 2.54. The quantitative estimate of drug-likeness (QED) is 0.839. The molecule has 7 nitrogen and oxygen atoms in total. The van der Waals surface area contributed by atoms with Crippen molar-refractivity contribution in [1.29, 1.82) is 0 Å². The Morgan fingerprint density at radius 2 is 1.74 bits per heavy atom. The first-order chi connectivity index (χ1) is 11.1. The number of aromatic nitrogens is 3. The molecule has 0 radical (unpaired) electrons. The Balaban J connectivity index is 1.65. The molecule has 1 aliphatic heterocycles. The van der Waals surface area contributed by atoms with E-state index in [-0.39, 0.29) is 5.91 Å². The predicted molar refractivity (Wildman–Crippen MR) is 88.7 cm³/mol. The SMILES string of the molecule is CN(C)c1cc(C(=O)N2CCN(c3ncccn3)CC2)ccn1. The third-order valence-corrected chi connectivity index (χ3v) is 3.85. The molecular weight excluding hydrogens is 292 g/mol. The van der Waals surface area contributed by atoms with Crippen molar-refractivity contribution in [2.24, 2.45) is 0 Å². The van der Waals surface area contributed by atoms with Crippen LogP contribution in [0.3, 0.4) is 0 Å². The van der Waals surface area contributed by atoms with Crippen molar-refractivity contribution >= 4 is 17.7 Å². The van der Waals surface area contributed by atoms with Gasteiger partial charge in [0.2, 0.25) is 5.95 Å². The smallest absolute Gasteiger partial charge is 0.254 e. The molecule has 3 heterocycles. The van der Waals surface area contributed by atoms with Gasteiger partial charge in [0, 0.05) is 64.4 Å². The van der Waals surface area contributed by atoms with Gasteiger partial charge in [-0.25, -0.2) is 15.0 Å². The van der Waals surface area contributed by atoms with Gasteiger partial charge in [-0.2, -0.15) is 0 Å². The number of anilines is 2. The van der Waals surface area contributed by atoms with E-state index in [0.717, 1.165) is 24.9 Å². The Bertz CT molecular complexity index is 667. The molecule has 2 aromatic rings. The zero-order chi connectivity index (χ0) is 16.2. The minimum absolute atomic E-state index is 0.0455. The molecule has 0 aromatic carbocycles. The molecule has 2 aromatic heterocycles. The lowest BCUT2D eigenvalue weighted by atomic mass is 10.2. The predicted octanol–water partition coefficient (Wildman–Crippen LogP) is 0.900. The first kappa shape index (κ1) is 15.2. The van der Waals surface area contributed by atoms with E-state index >= 15 is 0 Å². The molecule has 0 saturated carbocycles. The van der Waals surface area contributed by atoms with E-state index in [1.165, 1.54) is 0 Å². The summed E-state index contributed by atoms with van der Waals surface area (Å²) < 4.78 is 0. The first-order valence-electron chi connectivity index (χ1n) is 7.60. The first-order valence-corrected chi connectivity index (χ1v) is 7.60. The molecule has 7 heteroatoms.